The highest BCUT2D eigenvalue weighted by atomic mass is 79.9. The Balaban J connectivity index is 1.81. The summed E-state index contributed by atoms with van der Waals surface area (Å²) in [6.45, 7) is 5.03. The largest absolute Gasteiger partial charge is 0.490 e. The number of urea groups is 1. The maximum Gasteiger partial charge on any atom is 0.329 e. The zero-order valence-corrected chi connectivity index (χ0v) is 17.3. The highest BCUT2D eigenvalue weighted by Crippen LogP contribution is 2.30. The van der Waals surface area contributed by atoms with E-state index in [4.69, 9.17) is 9.47 Å². The van der Waals surface area contributed by atoms with Gasteiger partial charge in [0.2, 0.25) is 0 Å². The third-order valence-corrected chi connectivity index (χ3v) is 4.62. The molecule has 2 aromatic rings. The lowest BCUT2D eigenvalue weighted by Gasteiger charge is -2.12. The van der Waals surface area contributed by atoms with E-state index in [-0.39, 0.29) is 18.1 Å². The molecule has 1 aliphatic heterocycles. The summed E-state index contributed by atoms with van der Waals surface area (Å²) < 4.78 is 12.1. The van der Waals surface area contributed by atoms with Crippen molar-refractivity contribution < 1.29 is 19.1 Å². The van der Waals surface area contributed by atoms with Gasteiger partial charge in [-0.3, -0.25) is 9.69 Å². The van der Waals surface area contributed by atoms with Gasteiger partial charge in [0.15, 0.2) is 11.5 Å². The first kappa shape index (κ1) is 19.9. The number of hydrogen-bond acceptors (Lipinski definition) is 4. The third kappa shape index (κ3) is 4.54. The van der Waals surface area contributed by atoms with Gasteiger partial charge in [0, 0.05) is 4.47 Å². The third-order valence-electron chi connectivity index (χ3n) is 4.09. The molecule has 0 saturated carbocycles. The number of halogens is 1. The maximum absolute atomic E-state index is 12.7. The maximum atomic E-state index is 12.7. The van der Waals surface area contributed by atoms with Crippen LogP contribution >= 0.6 is 15.9 Å². The second-order valence-electron chi connectivity index (χ2n) is 6.08. The Labute approximate surface area is 172 Å². The normalized spacial score (nSPS) is 15.1. The van der Waals surface area contributed by atoms with Gasteiger partial charge in [0.1, 0.15) is 5.70 Å². The first-order chi connectivity index (χ1) is 13.5. The molecule has 146 valence electrons. The fraction of sp³-hybridized carbons (Fsp3) is 0.238. The van der Waals surface area contributed by atoms with Gasteiger partial charge in [-0.05, 0) is 55.3 Å². The van der Waals surface area contributed by atoms with Crippen LogP contribution in [0.1, 0.15) is 25.0 Å². The molecular formula is C21H21BrN2O4. The smallest absolute Gasteiger partial charge is 0.329 e. The van der Waals surface area contributed by atoms with Crippen LogP contribution in [0.3, 0.4) is 0 Å². The fourth-order valence-electron chi connectivity index (χ4n) is 2.81. The van der Waals surface area contributed by atoms with Crippen LogP contribution in [0.15, 0.2) is 52.6 Å². The second-order valence-corrected chi connectivity index (χ2v) is 6.99. The lowest BCUT2D eigenvalue weighted by atomic mass is 10.1. The van der Waals surface area contributed by atoms with Gasteiger partial charge in [0.25, 0.3) is 5.91 Å². The molecule has 0 spiro atoms. The van der Waals surface area contributed by atoms with E-state index in [1.807, 2.05) is 44.2 Å². The number of carbonyl (C=O) groups is 2. The molecule has 0 unspecified atom stereocenters. The standard InChI is InChI=1S/C21H21BrN2O4/c1-3-27-18-10-7-15(12-19(18)28-4-2)11-17-20(25)24(21(26)23-17)13-14-5-8-16(22)9-6-14/h5-12H,3-4,13H2,1-2H3,(H,23,26)/b17-11+. The molecule has 3 amide bonds. The quantitative estimate of drug-likeness (QED) is 0.509. The molecule has 1 fully saturated rings. The summed E-state index contributed by atoms with van der Waals surface area (Å²) >= 11 is 3.37. The van der Waals surface area contributed by atoms with E-state index in [9.17, 15) is 9.59 Å². The topological polar surface area (TPSA) is 67.9 Å². The summed E-state index contributed by atoms with van der Waals surface area (Å²) in [5.74, 6) is 0.882. The fourth-order valence-corrected chi connectivity index (χ4v) is 3.08. The van der Waals surface area contributed by atoms with Gasteiger partial charge in [-0.1, -0.05) is 34.1 Å². The molecule has 0 atom stereocenters. The van der Waals surface area contributed by atoms with E-state index >= 15 is 0 Å². The van der Waals surface area contributed by atoms with Crippen LogP contribution in [0.5, 0.6) is 11.5 Å². The van der Waals surface area contributed by atoms with Crippen molar-refractivity contribution in [2.75, 3.05) is 13.2 Å². The van der Waals surface area contributed by atoms with Crippen molar-refractivity contribution in [1.29, 1.82) is 0 Å². The van der Waals surface area contributed by atoms with Crippen molar-refractivity contribution >= 4 is 33.9 Å². The molecule has 0 radical (unpaired) electrons. The summed E-state index contributed by atoms with van der Waals surface area (Å²) in [5.41, 5.74) is 1.84. The zero-order valence-electron chi connectivity index (χ0n) is 15.7. The number of ether oxygens (including phenoxy) is 2. The monoisotopic (exact) mass is 444 g/mol. The summed E-state index contributed by atoms with van der Waals surface area (Å²) in [5, 5.41) is 2.64. The molecule has 1 saturated heterocycles. The molecule has 6 nitrogen and oxygen atoms in total. The molecule has 0 bridgehead atoms. The molecule has 1 N–H and O–H groups in total. The Morgan fingerprint density at radius 1 is 1.00 bits per heavy atom. The molecule has 0 aromatic heterocycles. The Bertz CT molecular complexity index is 909. The van der Waals surface area contributed by atoms with Crippen molar-refractivity contribution in [1.82, 2.24) is 10.2 Å². The van der Waals surface area contributed by atoms with Crippen LogP contribution in [-0.4, -0.2) is 30.1 Å². The SMILES string of the molecule is CCOc1ccc(/C=C2/NC(=O)N(Cc3ccc(Br)cc3)C2=O)cc1OCC. The minimum absolute atomic E-state index is 0.211. The molecule has 2 aromatic carbocycles. The van der Waals surface area contributed by atoms with E-state index in [0.717, 1.165) is 15.6 Å². The van der Waals surface area contributed by atoms with Gasteiger partial charge in [-0.25, -0.2) is 4.79 Å². The number of nitrogens with zero attached hydrogens (tertiary/aromatic N) is 1. The van der Waals surface area contributed by atoms with Gasteiger partial charge in [0.05, 0.1) is 19.8 Å². The number of carbonyl (C=O) groups excluding carboxylic acids is 2. The highest BCUT2D eigenvalue weighted by molar-refractivity contribution is 9.10. The van der Waals surface area contributed by atoms with Crippen LogP contribution in [0.4, 0.5) is 4.79 Å². The van der Waals surface area contributed by atoms with Gasteiger partial charge in [-0.2, -0.15) is 0 Å². The molecule has 28 heavy (non-hydrogen) atoms. The molecule has 1 aliphatic rings. The molecule has 1 heterocycles. The van der Waals surface area contributed by atoms with E-state index in [1.165, 1.54) is 4.90 Å². The lowest BCUT2D eigenvalue weighted by Crippen LogP contribution is -2.30. The summed E-state index contributed by atoms with van der Waals surface area (Å²) in [7, 11) is 0. The van der Waals surface area contributed by atoms with Gasteiger partial charge in [-0.15, -0.1) is 0 Å². The van der Waals surface area contributed by atoms with Crippen molar-refractivity contribution in [2.24, 2.45) is 0 Å². The van der Waals surface area contributed by atoms with Crippen LogP contribution < -0.4 is 14.8 Å². The average Bonchev–Trinajstić information content (AvgIpc) is 2.93. The average molecular weight is 445 g/mol. The Kier molecular flexibility index (Phi) is 6.36. The molecule has 3 rings (SSSR count). The first-order valence-electron chi connectivity index (χ1n) is 9.00. The summed E-state index contributed by atoms with van der Waals surface area (Å²) in [4.78, 5) is 26.1. The second kappa shape index (κ2) is 8.93. The van der Waals surface area contributed by atoms with Crippen molar-refractivity contribution in [3.05, 3.63) is 63.8 Å². The van der Waals surface area contributed by atoms with E-state index in [2.05, 4.69) is 21.2 Å². The number of rotatable bonds is 7. The van der Waals surface area contributed by atoms with E-state index in [0.29, 0.717) is 24.7 Å². The molecular weight excluding hydrogens is 424 g/mol. The minimum Gasteiger partial charge on any atom is -0.490 e. The highest BCUT2D eigenvalue weighted by Gasteiger charge is 2.33. The number of nitrogens with one attached hydrogen (secondary N) is 1. The number of benzene rings is 2. The Morgan fingerprint density at radius 3 is 2.36 bits per heavy atom. The first-order valence-corrected chi connectivity index (χ1v) is 9.79. The predicted octanol–water partition coefficient (Wildman–Crippen LogP) is 4.34. The minimum atomic E-state index is -0.435. The number of imide groups is 1. The Hall–Kier alpha value is -2.80. The molecule has 7 heteroatoms. The lowest BCUT2D eigenvalue weighted by molar-refractivity contribution is -0.123. The van der Waals surface area contributed by atoms with Crippen LogP contribution in [0.2, 0.25) is 0 Å². The van der Waals surface area contributed by atoms with E-state index < -0.39 is 6.03 Å². The van der Waals surface area contributed by atoms with Crippen molar-refractivity contribution in [3.8, 4) is 11.5 Å². The van der Waals surface area contributed by atoms with Gasteiger partial charge >= 0.3 is 6.03 Å². The van der Waals surface area contributed by atoms with E-state index in [1.54, 1.807) is 18.2 Å². The van der Waals surface area contributed by atoms with Crippen molar-refractivity contribution in [2.45, 2.75) is 20.4 Å². The molecule has 0 aliphatic carbocycles. The zero-order chi connectivity index (χ0) is 20.1. The van der Waals surface area contributed by atoms with Crippen LogP contribution in [-0.2, 0) is 11.3 Å². The number of amides is 3. The van der Waals surface area contributed by atoms with Gasteiger partial charge < -0.3 is 14.8 Å². The predicted molar refractivity (Wildman–Crippen MR) is 110 cm³/mol. The van der Waals surface area contributed by atoms with Crippen LogP contribution in [0.25, 0.3) is 6.08 Å². The summed E-state index contributed by atoms with van der Waals surface area (Å²) in [6.07, 6.45) is 1.64. The number of hydrogen-bond donors (Lipinski definition) is 1. The van der Waals surface area contributed by atoms with Crippen LogP contribution in [0, 0.1) is 0 Å². The van der Waals surface area contributed by atoms with Crippen molar-refractivity contribution in [3.63, 3.8) is 0 Å². The summed E-state index contributed by atoms with van der Waals surface area (Å²) in [6, 6.07) is 12.5. The Morgan fingerprint density at radius 2 is 1.68 bits per heavy atom.